The molecule has 310 valence electrons. The average Bonchev–Trinajstić information content (AvgIpc) is 3.63. The Labute approximate surface area is 360 Å². The van der Waals surface area contributed by atoms with E-state index >= 15 is 0 Å². The lowest BCUT2D eigenvalue weighted by molar-refractivity contribution is 0.0697. The molecule has 4 aromatic carbocycles. The van der Waals surface area contributed by atoms with Crippen LogP contribution in [0.25, 0.3) is 55.4 Å². The second-order valence-corrected chi connectivity index (χ2v) is 15.5. The highest BCUT2D eigenvalue weighted by molar-refractivity contribution is 7.80. The first-order valence-corrected chi connectivity index (χ1v) is 21.4. The van der Waals surface area contributed by atoms with E-state index in [9.17, 15) is 9.90 Å². The summed E-state index contributed by atoms with van der Waals surface area (Å²) in [7, 11) is 0. The van der Waals surface area contributed by atoms with Crippen molar-refractivity contribution in [3.05, 3.63) is 131 Å². The van der Waals surface area contributed by atoms with Gasteiger partial charge in [-0.3, -0.25) is 4.99 Å². The minimum absolute atomic E-state index is 0.141. The van der Waals surface area contributed by atoms with E-state index < -0.39 is 5.97 Å². The van der Waals surface area contributed by atoms with Crippen LogP contribution >= 0.6 is 12.2 Å². The van der Waals surface area contributed by atoms with E-state index in [1.807, 2.05) is 67.6 Å². The number of aromatic carboxylic acids is 1. The molecule has 11 nitrogen and oxygen atoms in total. The third-order valence-electron chi connectivity index (χ3n) is 11.2. The van der Waals surface area contributed by atoms with Gasteiger partial charge in [-0.25, -0.2) is 14.8 Å². The van der Waals surface area contributed by atoms with Gasteiger partial charge in [0.1, 0.15) is 22.7 Å². The Morgan fingerprint density at radius 1 is 0.885 bits per heavy atom. The third kappa shape index (κ3) is 8.36. The Morgan fingerprint density at radius 3 is 2.41 bits per heavy atom. The van der Waals surface area contributed by atoms with Crippen molar-refractivity contribution in [2.45, 2.75) is 60.0 Å². The fraction of sp³-hybridized carbons (Fsp3) is 0.245. The first kappa shape index (κ1) is 41.0. The Balaban J connectivity index is 1.02. The molecule has 3 heterocycles. The van der Waals surface area contributed by atoms with Gasteiger partial charge in [-0.2, -0.15) is 0 Å². The normalized spacial score (nSPS) is 11.8. The standard InChI is InChI=1S/C49H50N8O3S/c1-5-9-14-43-55-45-46(36-12-10-11-13-40(36)54-47(45)50)57(43)29-31-17-15-30(16-18-31)28-52-49(61)53-33-20-22-35(39(25-33)48(58)59)44-37-23-19-32(51-6-2)26-41(37)60-42-27-34(21-24-38(42)44)56(7-3)8-4/h10-13,15-27H,5-9,14,28-29H2,1-4H3,(H2,50,54)(H,58,59)(H2,52,53,61)/b51-32-. The van der Waals surface area contributed by atoms with Crippen LogP contribution in [0.5, 0.6) is 0 Å². The number of aryl methyl sites for hydroxylation is 1. The summed E-state index contributed by atoms with van der Waals surface area (Å²) in [6.07, 6.45) is 2.95. The number of aromatic nitrogens is 3. The van der Waals surface area contributed by atoms with Crippen LogP contribution in [0.15, 0.2) is 113 Å². The molecule has 8 rings (SSSR count). The zero-order chi connectivity index (χ0) is 42.6. The quantitative estimate of drug-likeness (QED) is 0.0617. The number of pyridine rings is 1. The van der Waals surface area contributed by atoms with Crippen molar-refractivity contribution >= 4 is 73.4 Å². The van der Waals surface area contributed by atoms with Crippen molar-refractivity contribution < 1.29 is 14.3 Å². The maximum atomic E-state index is 13.0. The number of carboxylic acids is 1. The van der Waals surface area contributed by atoms with E-state index in [-0.39, 0.29) is 5.56 Å². The Kier molecular flexibility index (Phi) is 12.0. The zero-order valence-corrected chi connectivity index (χ0v) is 35.8. The molecule has 0 fully saturated rings. The number of para-hydroxylation sites is 1. The molecule has 2 aliphatic rings. The fourth-order valence-electron chi connectivity index (χ4n) is 8.14. The van der Waals surface area contributed by atoms with Gasteiger partial charge in [-0.05, 0) is 98.6 Å². The number of fused-ring (bicyclic) bond motifs is 5. The maximum Gasteiger partial charge on any atom is 0.336 e. The van der Waals surface area contributed by atoms with Crippen molar-refractivity contribution in [3.63, 3.8) is 0 Å². The lowest BCUT2D eigenvalue weighted by Crippen LogP contribution is -2.28. The van der Waals surface area contributed by atoms with Gasteiger partial charge in [-0.15, -0.1) is 0 Å². The molecule has 5 N–H and O–H groups in total. The number of nitrogen functional groups attached to an aromatic ring is 1. The van der Waals surface area contributed by atoms with E-state index in [0.717, 1.165) is 98.8 Å². The van der Waals surface area contributed by atoms with Gasteiger partial charge >= 0.3 is 5.97 Å². The third-order valence-corrected chi connectivity index (χ3v) is 11.4. The Hall–Kier alpha value is -6.79. The number of nitrogens with one attached hydrogen (secondary N) is 2. The van der Waals surface area contributed by atoms with Gasteiger partial charge in [0.25, 0.3) is 0 Å². The maximum absolute atomic E-state index is 13.0. The van der Waals surface area contributed by atoms with Gasteiger partial charge in [0, 0.05) is 84.6 Å². The summed E-state index contributed by atoms with van der Waals surface area (Å²) in [6, 6.07) is 33.8. The van der Waals surface area contributed by atoms with Crippen LogP contribution in [0, 0.1) is 0 Å². The number of anilines is 3. The molecule has 6 aromatic rings. The average molecular weight is 831 g/mol. The summed E-state index contributed by atoms with van der Waals surface area (Å²) >= 11 is 5.71. The Morgan fingerprint density at radius 2 is 1.66 bits per heavy atom. The largest absolute Gasteiger partial charge is 0.478 e. The highest BCUT2D eigenvalue weighted by Gasteiger charge is 2.23. The van der Waals surface area contributed by atoms with Crippen LogP contribution in [-0.2, 0) is 19.5 Å². The second-order valence-electron chi connectivity index (χ2n) is 15.1. The fourth-order valence-corrected chi connectivity index (χ4v) is 8.33. The highest BCUT2D eigenvalue weighted by Crippen LogP contribution is 2.42. The zero-order valence-electron chi connectivity index (χ0n) is 35.0. The predicted octanol–water partition coefficient (Wildman–Crippen LogP) is 10.0. The number of nitrogens with two attached hydrogens (primary N) is 1. The number of hydrogen-bond acceptors (Lipinski definition) is 8. The van der Waals surface area contributed by atoms with Gasteiger partial charge in [0.05, 0.1) is 22.0 Å². The number of carboxylic acid groups (broad SMARTS) is 1. The molecule has 0 unspecified atom stereocenters. The van der Waals surface area contributed by atoms with E-state index in [0.29, 0.717) is 53.2 Å². The van der Waals surface area contributed by atoms with Crippen LogP contribution < -0.4 is 26.6 Å². The van der Waals surface area contributed by atoms with Crippen molar-refractivity contribution in [1.82, 2.24) is 19.9 Å². The molecule has 12 heteroatoms. The van der Waals surface area contributed by atoms with Crippen LogP contribution in [-0.4, -0.2) is 50.4 Å². The number of imidazole rings is 1. The summed E-state index contributed by atoms with van der Waals surface area (Å²) in [5.74, 6) is 1.04. The molecule has 0 saturated carbocycles. The molecule has 1 aliphatic carbocycles. The first-order valence-electron chi connectivity index (χ1n) is 21.0. The van der Waals surface area contributed by atoms with Crippen molar-refractivity contribution in [2.24, 2.45) is 4.99 Å². The molecular weight excluding hydrogens is 781 g/mol. The van der Waals surface area contributed by atoms with Crippen LogP contribution in [0.2, 0.25) is 0 Å². The Bertz CT molecular complexity index is 2950. The molecule has 0 saturated heterocycles. The molecule has 1 aliphatic heterocycles. The van der Waals surface area contributed by atoms with Crippen LogP contribution in [0.1, 0.15) is 67.8 Å². The second kappa shape index (κ2) is 17.8. The summed E-state index contributed by atoms with van der Waals surface area (Å²) in [5, 5.41) is 20.1. The summed E-state index contributed by atoms with van der Waals surface area (Å²) in [4.78, 5) is 29.4. The van der Waals surface area contributed by atoms with Gasteiger partial charge in [0.2, 0.25) is 0 Å². The lowest BCUT2D eigenvalue weighted by Gasteiger charge is -2.23. The molecule has 0 bridgehead atoms. The van der Waals surface area contributed by atoms with Crippen molar-refractivity contribution in [1.29, 1.82) is 0 Å². The molecule has 0 atom stereocenters. The monoisotopic (exact) mass is 830 g/mol. The lowest BCUT2D eigenvalue weighted by atomic mass is 9.90. The molecule has 0 spiro atoms. The number of carbonyl (C=O) groups is 1. The number of hydrogen-bond donors (Lipinski definition) is 4. The summed E-state index contributed by atoms with van der Waals surface area (Å²) < 4.78 is 8.80. The van der Waals surface area contributed by atoms with Gasteiger partial charge in [-0.1, -0.05) is 61.9 Å². The topological polar surface area (TPSA) is 147 Å². The SMILES string of the molecule is CCCCc1nc2c(N)nc3ccccc3c2n1Cc1ccc(CNC(=S)Nc2ccc(-c3c4cc/c(=N/CC)cc-4oc4cc(N(CC)CC)ccc34)c(C(=O)O)c2)cc1. The van der Waals surface area contributed by atoms with Crippen molar-refractivity contribution in [3.8, 4) is 22.5 Å². The molecular formula is C49H50N8O3S. The number of nitrogens with zero attached hydrogens (tertiary/aromatic N) is 5. The van der Waals surface area contributed by atoms with Gasteiger partial charge in [0.15, 0.2) is 10.9 Å². The van der Waals surface area contributed by atoms with E-state index in [4.69, 9.17) is 27.4 Å². The van der Waals surface area contributed by atoms with Gasteiger partial charge < -0.3 is 35.4 Å². The molecule has 0 radical (unpaired) electrons. The van der Waals surface area contributed by atoms with E-state index in [1.165, 1.54) is 0 Å². The van der Waals surface area contributed by atoms with E-state index in [1.54, 1.807) is 6.07 Å². The number of rotatable bonds is 14. The summed E-state index contributed by atoms with van der Waals surface area (Å²) in [5.41, 5.74) is 15.8. The minimum Gasteiger partial charge on any atom is -0.478 e. The van der Waals surface area contributed by atoms with Crippen LogP contribution in [0.4, 0.5) is 17.2 Å². The predicted molar refractivity (Wildman–Crippen MR) is 252 cm³/mol. The summed E-state index contributed by atoms with van der Waals surface area (Å²) in [6.45, 7) is 11.9. The molecule has 0 amide bonds. The number of benzene rings is 5. The highest BCUT2D eigenvalue weighted by atomic mass is 32.1. The molecule has 2 aromatic heterocycles. The minimum atomic E-state index is -1.05. The van der Waals surface area contributed by atoms with Crippen LogP contribution in [0.3, 0.4) is 0 Å². The first-order chi connectivity index (χ1) is 29.7. The van der Waals surface area contributed by atoms with Crippen molar-refractivity contribution in [2.75, 3.05) is 35.6 Å². The molecule has 61 heavy (non-hydrogen) atoms. The number of thiocarbonyl (C=S) groups is 1. The van der Waals surface area contributed by atoms with E-state index in [2.05, 4.69) is 87.2 Å². The smallest absolute Gasteiger partial charge is 0.336 e. The number of unbranched alkanes of at least 4 members (excludes halogenated alkanes) is 1.